The third-order valence-corrected chi connectivity index (χ3v) is 6.85. The number of carbonyl (C=O) groups excluding carboxylic acids is 1. The summed E-state index contributed by atoms with van der Waals surface area (Å²) in [5.41, 5.74) is 3.55. The minimum Gasteiger partial charge on any atom is -0.348 e. The van der Waals surface area contributed by atoms with Crippen LogP contribution in [0.1, 0.15) is 23.1 Å². The van der Waals surface area contributed by atoms with Crippen molar-refractivity contribution in [2.75, 3.05) is 16.6 Å². The van der Waals surface area contributed by atoms with Crippen LogP contribution in [0, 0.1) is 0 Å². The van der Waals surface area contributed by atoms with Crippen LogP contribution >= 0.6 is 0 Å². The number of aromatic nitrogens is 3. The van der Waals surface area contributed by atoms with Crippen molar-refractivity contribution in [2.24, 2.45) is 0 Å². The summed E-state index contributed by atoms with van der Waals surface area (Å²) in [6.45, 7) is 1.55. The van der Waals surface area contributed by atoms with Crippen molar-refractivity contribution in [1.29, 1.82) is 0 Å². The summed E-state index contributed by atoms with van der Waals surface area (Å²) in [5.74, 6) is -0.00840. The van der Waals surface area contributed by atoms with Crippen molar-refractivity contribution < 1.29 is 13.2 Å². The van der Waals surface area contributed by atoms with E-state index in [0.717, 1.165) is 16.7 Å². The molecule has 2 heterocycles. The maximum atomic E-state index is 12.2. The number of hydrogen-bond acceptors (Lipinski definition) is 5. The van der Waals surface area contributed by atoms with Crippen LogP contribution in [0.25, 0.3) is 6.08 Å². The van der Waals surface area contributed by atoms with Crippen molar-refractivity contribution >= 4 is 27.7 Å². The van der Waals surface area contributed by atoms with Gasteiger partial charge < -0.3 is 5.32 Å². The zero-order valence-corrected chi connectivity index (χ0v) is 17.7. The Morgan fingerprint density at radius 1 is 1.13 bits per heavy atom. The van der Waals surface area contributed by atoms with Crippen molar-refractivity contribution in [3.05, 3.63) is 84.0 Å². The van der Waals surface area contributed by atoms with Gasteiger partial charge in [0.2, 0.25) is 15.9 Å². The minimum atomic E-state index is -3.19. The van der Waals surface area contributed by atoms with Gasteiger partial charge in [0.05, 0.1) is 18.0 Å². The number of hydrogen-bond donors (Lipinski definition) is 1. The molecule has 160 valence electrons. The second-order valence-corrected chi connectivity index (χ2v) is 9.31. The molecule has 8 nitrogen and oxygen atoms in total. The van der Waals surface area contributed by atoms with Gasteiger partial charge >= 0.3 is 0 Å². The Bertz CT molecular complexity index is 1170. The van der Waals surface area contributed by atoms with Gasteiger partial charge in [0.1, 0.15) is 12.7 Å². The molecule has 31 heavy (non-hydrogen) atoms. The van der Waals surface area contributed by atoms with Gasteiger partial charge in [-0.15, -0.1) is 0 Å². The molecule has 0 radical (unpaired) electrons. The monoisotopic (exact) mass is 437 g/mol. The van der Waals surface area contributed by atoms with E-state index in [1.165, 1.54) is 16.7 Å². The van der Waals surface area contributed by atoms with Crippen molar-refractivity contribution in [3.8, 4) is 0 Å². The van der Waals surface area contributed by atoms with Crippen molar-refractivity contribution in [3.63, 3.8) is 0 Å². The molecule has 1 aromatic heterocycles. The fourth-order valence-corrected chi connectivity index (χ4v) is 5.01. The standard InChI is InChI=1S/C22H23N5O3S/c28-22(24-14-19-3-1-4-20(13-19)15-26-17-23-16-25-26)10-7-18-5-8-21(9-6-18)27-11-2-12-31(27,29)30/h1,3-10,13,16-17H,2,11-12,14-15H2,(H,24,28). The lowest BCUT2D eigenvalue weighted by Crippen LogP contribution is -2.24. The van der Waals surface area contributed by atoms with E-state index in [2.05, 4.69) is 15.4 Å². The van der Waals surface area contributed by atoms with Gasteiger partial charge in [0, 0.05) is 19.2 Å². The van der Waals surface area contributed by atoms with E-state index in [-0.39, 0.29) is 11.7 Å². The Balaban J connectivity index is 1.31. The molecule has 3 aromatic rings. The number of amides is 1. The largest absolute Gasteiger partial charge is 0.348 e. The summed E-state index contributed by atoms with van der Waals surface area (Å²) in [6, 6.07) is 15.1. The van der Waals surface area contributed by atoms with Crippen LogP contribution in [0.3, 0.4) is 0 Å². The molecule has 1 aliphatic rings. The average Bonchev–Trinajstić information content (AvgIpc) is 3.40. The number of anilines is 1. The third kappa shape index (κ3) is 5.37. The highest BCUT2D eigenvalue weighted by atomic mass is 32.2. The first-order valence-corrected chi connectivity index (χ1v) is 11.6. The molecule has 9 heteroatoms. The summed E-state index contributed by atoms with van der Waals surface area (Å²) in [6.07, 6.45) is 6.99. The van der Waals surface area contributed by atoms with Crippen LogP contribution in [0.4, 0.5) is 5.69 Å². The van der Waals surface area contributed by atoms with Crippen LogP contribution in [-0.2, 0) is 27.9 Å². The van der Waals surface area contributed by atoms with Gasteiger partial charge in [-0.3, -0.25) is 9.10 Å². The van der Waals surface area contributed by atoms with Gasteiger partial charge in [-0.1, -0.05) is 36.4 Å². The average molecular weight is 438 g/mol. The Morgan fingerprint density at radius 3 is 2.65 bits per heavy atom. The van der Waals surface area contributed by atoms with Crippen LogP contribution in [0.5, 0.6) is 0 Å². The summed E-state index contributed by atoms with van der Waals surface area (Å²) < 4.78 is 27.2. The predicted octanol–water partition coefficient (Wildman–Crippen LogP) is 2.20. The Morgan fingerprint density at radius 2 is 1.94 bits per heavy atom. The highest BCUT2D eigenvalue weighted by Gasteiger charge is 2.28. The highest BCUT2D eigenvalue weighted by molar-refractivity contribution is 7.93. The maximum Gasteiger partial charge on any atom is 0.244 e. The number of benzene rings is 2. The summed E-state index contributed by atoms with van der Waals surface area (Å²) in [4.78, 5) is 16.1. The van der Waals surface area contributed by atoms with Crippen molar-refractivity contribution in [2.45, 2.75) is 19.5 Å². The second kappa shape index (κ2) is 9.13. The van der Waals surface area contributed by atoms with Crippen LogP contribution < -0.4 is 9.62 Å². The molecule has 1 saturated heterocycles. The van der Waals surface area contributed by atoms with E-state index in [0.29, 0.717) is 31.7 Å². The first kappa shape index (κ1) is 20.8. The van der Waals surface area contributed by atoms with E-state index >= 15 is 0 Å². The fourth-order valence-electron chi connectivity index (χ4n) is 3.44. The first-order chi connectivity index (χ1) is 15.0. The lowest BCUT2D eigenvalue weighted by Gasteiger charge is -2.16. The van der Waals surface area contributed by atoms with Crippen LogP contribution in [-0.4, -0.2) is 41.4 Å². The van der Waals surface area contributed by atoms with E-state index in [4.69, 9.17) is 0 Å². The third-order valence-electron chi connectivity index (χ3n) is 4.98. The Labute approximate surface area is 181 Å². The summed E-state index contributed by atoms with van der Waals surface area (Å²) >= 11 is 0. The Kier molecular flexibility index (Phi) is 6.13. The zero-order chi connectivity index (χ0) is 21.7. The van der Waals surface area contributed by atoms with Gasteiger partial charge in [-0.2, -0.15) is 5.10 Å². The van der Waals surface area contributed by atoms with Crippen LogP contribution in [0.2, 0.25) is 0 Å². The molecule has 1 fully saturated rings. The minimum absolute atomic E-state index is 0.193. The van der Waals surface area contributed by atoms with Crippen LogP contribution in [0.15, 0.2) is 67.3 Å². The fraction of sp³-hybridized carbons (Fsp3) is 0.227. The quantitative estimate of drug-likeness (QED) is 0.572. The molecule has 2 aromatic carbocycles. The van der Waals surface area contributed by atoms with E-state index < -0.39 is 10.0 Å². The lowest BCUT2D eigenvalue weighted by atomic mass is 10.1. The van der Waals surface area contributed by atoms with Gasteiger partial charge in [0.25, 0.3) is 0 Å². The van der Waals surface area contributed by atoms with Gasteiger partial charge in [-0.05, 0) is 41.3 Å². The SMILES string of the molecule is O=C(C=Cc1ccc(N2CCCS2(=O)=O)cc1)NCc1cccc(Cn2cncn2)c1. The molecule has 1 amide bonds. The molecule has 0 bridgehead atoms. The van der Waals surface area contributed by atoms with Gasteiger partial charge in [0.15, 0.2) is 0 Å². The molecule has 0 unspecified atom stereocenters. The number of rotatable bonds is 7. The second-order valence-electron chi connectivity index (χ2n) is 7.30. The number of nitrogens with one attached hydrogen (secondary N) is 1. The first-order valence-electron chi connectivity index (χ1n) is 9.96. The smallest absolute Gasteiger partial charge is 0.244 e. The number of carbonyl (C=O) groups is 1. The maximum absolute atomic E-state index is 12.2. The molecule has 0 aliphatic carbocycles. The van der Waals surface area contributed by atoms with E-state index in [9.17, 15) is 13.2 Å². The molecule has 0 atom stereocenters. The van der Waals surface area contributed by atoms with Crippen molar-refractivity contribution in [1.82, 2.24) is 20.1 Å². The van der Waals surface area contributed by atoms with E-state index in [1.807, 2.05) is 24.3 Å². The normalized spacial score (nSPS) is 15.4. The zero-order valence-electron chi connectivity index (χ0n) is 16.9. The van der Waals surface area contributed by atoms with E-state index in [1.54, 1.807) is 41.4 Å². The molecule has 0 saturated carbocycles. The number of sulfonamides is 1. The summed E-state index contributed by atoms with van der Waals surface area (Å²) in [5, 5.41) is 6.97. The molecule has 0 spiro atoms. The summed E-state index contributed by atoms with van der Waals surface area (Å²) in [7, 11) is -3.19. The van der Waals surface area contributed by atoms with Gasteiger partial charge in [-0.25, -0.2) is 18.1 Å². The molecular weight excluding hydrogens is 414 g/mol. The topological polar surface area (TPSA) is 97.2 Å². The molecule has 1 aliphatic heterocycles. The predicted molar refractivity (Wildman–Crippen MR) is 119 cm³/mol. The molecule has 1 N–H and O–H groups in total. The molecular formula is C22H23N5O3S. The lowest BCUT2D eigenvalue weighted by molar-refractivity contribution is -0.116. The Hall–Kier alpha value is -3.46. The molecule has 4 rings (SSSR count). The number of nitrogens with zero attached hydrogens (tertiary/aromatic N) is 4. The highest BCUT2D eigenvalue weighted by Crippen LogP contribution is 2.24.